The number of hydrogen-bond acceptors (Lipinski definition) is 4. The summed E-state index contributed by atoms with van der Waals surface area (Å²) in [5.74, 6) is 2.34. The topological polar surface area (TPSA) is 56.7 Å². The lowest BCUT2D eigenvalue weighted by Gasteiger charge is -2.13. The summed E-state index contributed by atoms with van der Waals surface area (Å²) in [6, 6.07) is 59.0. The summed E-state index contributed by atoms with van der Waals surface area (Å²) < 4.78 is 8.88. The average Bonchev–Trinajstić information content (AvgIpc) is 3.82. The third-order valence-corrected chi connectivity index (χ3v) is 10.6. The Morgan fingerprint density at radius 3 is 1.53 bits per heavy atom. The van der Waals surface area contributed by atoms with Crippen molar-refractivity contribution in [3.05, 3.63) is 194 Å². The number of benzene rings is 7. The molecule has 5 nitrogen and oxygen atoms in total. The molecule has 0 saturated heterocycles. The standard InChI is InChI=1S/C52H36N4O/c1-3-16-43-45-30-29-44-42-28-27-39(36-21-12-7-13-22-36)33-46(42)56(48(44)49(45)57-47(43)4-2)52-54-50(40-25-14-23-37(31-40)34-17-8-5-9-18-34)53-51(55-52)41-26-15-24-38(32-41)35-19-10-6-11-20-35/h3-33H,2H2,1H3/b16-3-. The van der Waals surface area contributed by atoms with Crippen LogP contribution in [-0.2, 0) is 0 Å². The zero-order chi connectivity index (χ0) is 38.3. The molecule has 0 unspecified atom stereocenters. The van der Waals surface area contributed by atoms with Crippen LogP contribution < -0.4 is 0 Å². The molecule has 0 aliphatic rings. The van der Waals surface area contributed by atoms with E-state index in [9.17, 15) is 0 Å². The van der Waals surface area contributed by atoms with E-state index in [2.05, 4.69) is 169 Å². The van der Waals surface area contributed by atoms with Gasteiger partial charge in [-0.2, -0.15) is 9.97 Å². The molecule has 0 fully saturated rings. The Morgan fingerprint density at radius 1 is 0.491 bits per heavy atom. The van der Waals surface area contributed by atoms with Crippen LogP contribution in [0, 0.1) is 0 Å². The van der Waals surface area contributed by atoms with Gasteiger partial charge in [-0.3, -0.25) is 4.57 Å². The van der Waals surface area contributed by atoms with Crippen LogP contribution in [0.5, 0.6) is 0 Å². The number of hydrogen-bond donors (Lipinski definition) is 0. The van der Waals surface area contributed by atoms with Gasteiger partial charge in [0.05, 0.1) is 5.52 Å². The van der Waals surface area contributed by atoms with E-state index in [0.717, 1.165) is 82.8 Å². The van der Waals surface area contributed by atoms with Crippen LogP contribution in [0.2, 0.25) is 0 Å². The van der Waals surface area contributed by atoms with Gasteiger partial charge in [0, 0.05) is 32.8 Å². The highest BCUT2D eigenvalue weighted by atomic mass is 16.3. The minimum Gasteiger partial charge on any atom is -0.454 e. The molecular weight excluding hydrogens is 697 g/mol. The van der Waals surface area contributed by atoms with Gasteiger partial charge in [0.1, 0.15) is 11.3 Å². The first kappa shape index (κ1) is 33.9. The van der Waals surface area contributed by atoms with Gasteiger partial charge in [0.25, 0.3) is 0 Å². The van der Waals surface area contributed by atoms with Crippen molar-refractivity contribution in [2.75, 3.05) is 0 Å². The van der Waals surface area contributed by atoms with Crippen molar-refractivity contribution in [1.82, 2.24) is 19.5 Å². The minimum atomic E-state index is 0.493. The number of rotatable bonds is 8. The van der Waals surface area contributed by atoms with Gasteiger partial charge in [-0.25, -0.2) is 4.98 Å². The predicted molar refractivity (Wildman–Crippen MR) is 236 cm³/mol. The maximum absolute atomic E-state index is 6.72. The Balaban J connectivity index is 1.30. The van der Waals surface area contributed by atoms with Crippen LogP contribution >= 0.6 is 0 Å². The highest BCUT2D eigenvalue weighted by Crippen LogP contribution is 2.41. The Labute approximate surface area is 330 Å². The molecule has 57 heavy (non-hydrogen) atoms. The lowest BCUT2D eigenvalue weighted by Crippen LogP contribution is -2.06. The summed E-state index contributed by atoms with van der Waals surface area (Å²) in [4.78, 5) is 15.9. The van der Waals surface area contributed by atoms with Crippen LogP contribution in [0.3, 0.4) is 0 Å². The molecule has 10 aromatic rings. The highest BCUT2D eigenvalue weighted by molar-refractivity contribution is 6.18. The van der Waals surface area contributed by atoms with Crippen molar-refractivity contribution in [2.24, 2.45) is 0 Å². The molecule has 10 rings (SSSR count). The molecule has 5 heteroatoms. The first-order chi connectivity index (χ1) is 28.2. The van der Waals surface area contributed by atoms with E-state index < -0.39 is 0 Å². The number of fused-ring (bicyclic) bond motifs is 5. The highest BCUT2D eigenvalue weighted by Gasteiger charge is 2.23. The van der Waals surface area contributed by atoms with Gasteiger partial charge in [0.15, 0.2) is 17.2 Å². The minimum absolute atomic E-state index is 0.493. The number of allylic oxidation sites excluding steroid dienone is 1. The summed E-state index contributed by atoms with van der Waals surface area (Å²) in [6.45, 7) is 6.11. The molecule has 7 aromatic carbocycles. The molecule has 0 aliphatic carbocycles. The number of furan rings is 1. The zero-order valence-electron chi connectivity index (χ0n) is 31.3. The van der Waals surface area contributed by atoms with E-state index in [1.54, 1.807) is 6.08 Å². The van der Waals surface area contributed by atoms with E-state index in [0.29, 0.717) is 23.4 Å². The van der Waals surface area contributed by atoms with Crippen LogP contribution in [0.1, 0.15) is 18.2 Å². The van der Waals surface area contributed by atoms with Crippen LogP contribution in [-0.4, -0.2) is 19.5 Å². The largest absolute Gasteiger partial charge is 0.454 e. The normalized spacial score (nSPS) is 11.6. The Kier molecular flexibility index (Phi) is 8.46. The summed E-state index contributed by atoms with van der Waals surface area (Å²) in [7, 11) is 0. The quantitative estimate of drug-likeness (QED) is 0.156. The Morgan fingerprint density at radius 2 is 0.982 bits per heavy atom. The van der Waals surface area contributed by atoms with Crippen LogP contribution in [0.25, 0.3) is 107 Å². The van der Waals surface area contributed by atoms with Gasteiger partial charge in [-0.15, -0.1) is 0 Å². The molecule has 0 atom stereocenters. The molecule has 270 valence electrons. The predicted octanol–water partition coefficient (Wildman–Crippen LogP) is 13.7. The molecule has 3 heterocycles. The molecule has 3 aromatic heterocycles. The van der Waals surface area contributed by atoms with Crippen molar-refractivity contribution in [1.29, 1.82) is 0 Å². The molecule has 0 aliphatic heterocycles. The fourth-order valence-corrected chi connectivity index (χ4v) is 7.86. The SMILES string of the molecule is C=Cc1oc2c(ccc3c4ccc(-c5ccccc5)cc4n(-c4nc(-c5cccc(-c6ccccc6)c5)nc(-c5cccc(-c6ccccc6)c5)n4)c32)c1/C=C\C. The molecule has 0 spiro atoms. The van der Waals surface area contributed by atoms with Crippen molar-refractivity contribution >= 4 is 44.9 Å². The molecule has 0 amide bonds. The number of nitrogens with zero attached hydrogens (tertiary/aromatic N) is 4. The summed E-state index contributed by atoms with van der Waals surface area (Å²) >= 11 is 0. The summed E-state index contributed by atoms with van der Waals surface area (Å²) in [5, 5.41) is 3.09. The molecule has 0 N–H and O–H groups in total. The first-order valence-electron chi connectivity index (χ1n) is 19.1. The molecule has 0 saturated carbocycles. The van der Waals surface area contributed by atoms with Gasteiger partial charge in [0.2, 0.25) is 5.95 Å². The van der Waals surface area contributed by atoms with Crippen LogP contribution in [0.15, 0.2) is 187 Å². The third-order valence-electron chi connectivity index (χ3n) is 10.6. The zero-order valence-corrected chi connectivity index (χ0v) is 31.3. The number of aromatic nitrogens is 4. The second-order valence-corrected chi connectivity index (χ2v) is 14.0. The third kappa shape index (κ3) is 6.03. The maximum Gasteiger partial charge on any atom is 0.238 e. The first-order valence-corrected chi connectivity index (χ1v) is 19.1. The molecule has 0 radical (unpaired) electrons. The van der Waals surface area contributed by atoms with Gasteiger partial charge in [-0.1, -0.05) is 164 Å². The summed E-state index contributed by atoms with van der Waals surface area (Å²) in [6.07, 6.45) is 5.88. The molecule has 0 bridgehead atoms. The van der Waals surface area contributed by atoms with Crippen LogP contribution in [0.4, 0.5) is 0 Å². The van der Waals surface area contributed by atoms with E-state index in [1.165, 1.54) is 0 Å². The van der Waals surface area contributed by atoms with Gasteiger partial charge < -0.3 is 4.42 Å². The maximum atomic E-state index is 6.72. The van der Waals surface area contributed by atoms with Gasteiger partial charge in [-0.05, 0) is 70.6 Å². The van der Waals surface area contributed by atoms with E-state index >= 15 is 0 Å². The van der Waals surface area contributed by atoms with Crippen molar-refractivity contribution in [3.8, 4) is 62.1 Å². The van der Waals surface area contributed by atoms with Gasteiger partial charge >= 0.3 is 0 Å². The van der Waals surface area contributed by atoms with E-state index in [1.807, 2.05) is 31.2 Å². The fourth-order valence-electron chi connectivity index (χ4n) is 7.86. The lowest BCUT2D eigenvalue weighted by molar-refractivity contribution is 0.605. The van der Waals surface area contributed by atoms with Crippen molar-refractivity contribution in [2.45, 2.75) is 6.92 Å². The average molecular weight is 733 g/mol. The Bertz CT molecular complexity index is 3040. The Hall–Kier alpha value is -7.63. The monoisotopic (exact) mass is 732 g/mol. The van der Waals surface area contributed by atoms with Crippen molar-refractivity contribution < 1.29 is 4.42 Å². The van der Waals surface area contributed by atoms with E-state index in [4.69, 9.17) is 19.4 Å². The second-order valence-electron chi connectivity index (χ2n) is 14.0. The fraction of sp³-hybridized carbons (Fsp3) is 0.0192. The van der Waals surface area contributed by atoms with Crippen molar-refractivity contribution in [3.63, 3.8) is 0 Å². The summed E-state index contributed by atoms with van der Waals surface area (Å²) in [5.41, 5.74) is 12.0. The smallest absolute Gasteiger partial charge is 0.238 e. The van der Waals surface area contributed by atoms with E-state index in [-0.39, 0.29) is 0 Å². The lowest BCUT2D eigenvalue weighted by atomic mass is 10.0. The second kappa shape index (κ2) is 14.2. The molecular formula is C52H36N4O.